The number of hydrogen-bond donors (Lipinski definition) is 0. The SMILES string of the molecule is CCCCCCCCN1COc2ccccc21. The minimum atomic E-state index is 0.730. The van der Waals surface area contributed by atoms with Gasteiger partial charge in [0.15, 0.2) is 6.73 Å². The summed E-state index contributed by atoms with van der Waals surface area (Å²) < 4.78 is 5.63. The highest BCUT2D eigenvalue weighted by Crippen LogP contribution is 2.33. The molecular formula is C15H23NO. The number of rotatable bonds is 7. The van der Waals surface area contributed by atoms with Gasteiger partial charge in [0.1, 0.15) is 5.75 Å². The second kappa shape index (κ2) is 6.53. The Balaban J connectivity index is 1.68. The molecule has 17 heavy (non-hydrogen) atoms. The fraction of sp³-hybridized carbons (Fsp3) is 0.600. The van der Waals surface area contributed by atoms with Crippen molar-refractivity contribution in [2.45, 2.75) is 45.4 Å². The van der Waals surface area contributed by atoms with Crippen LogP contribution in [0.2, 0.25) is 0 Å². The lowest BCUT2D eigenvalue weighted by molar-refractivity contribution is 0.345. The maximum Gasteiger partial charge on any atom is 0.161 e. The van der Waals surface area contributed by atoms with Crippen LogP contribution in [-0.2, 0) is 0 Å². The van der Waals surface area contributed by atoms with E-state index in [9.17, 15) is 0 Å². The lowest BCUT2D eigenvalue weighted by Gasteiger charge is -2.15. The zero-order chi connectivity index (χ0) is 11.9. The summed E-state index contributed by atoms with van der Waals surface area (Å²) in [7, 11) is 0. The van der Waals surface area contributed by atoms with Gasteiger partial charge in [-0.1, -0.05) is 51.2 Å². The van der Waals surface area contributed by atoms with E-state index in [2.05, 4.69) is 30.0 Å². The average Bonchev–Trinajstić information content (AvgIpc) is 2.77. The highest BCUT2D eigenvalue weighted by molar-refractivity contribution is 5.60. The van der Waals surface area contributed by atoms with Crippen LogP contribution in [0.3, 0.4) is 0 Å². The number of anilines is 1. The Labute approximate surface area is 105 Å². The number of fused-ring (bicyclic) bond motifs is 1. The van der Waals surface area contributed by atoms with E-state index in [0.29, 0.717) is 0 Å². The van der Waals surface area contributed by atoms with Crippen LogP contribution in [0.25, 0.3) is 0 Å². The molecule has 0 aromatic heterocycles. The van der Waals surface area contributed by atoms with Crippen LogP contribution in [0.5, 0.6) is 5.75 Å². The van der Waals surface area contributed by atoms with E-state index in [1.807, 2.05) is 6.07 Å². The molecule has 1 aliphatic rings. The fourth-order valence-corrected chi connectivity index (χ4v) is 2.33. The van der Waals surface area contributed by atoms with E-state index in [1.165, 1.54) is 44.2 Å². The zero-order valence-electron chi connectivity index (χ0n) is 10.8. The summed E-state index contributed by atoms with van der Waals surface area (Å²) in [5, 5.41) is 0. The van der Waals surface area contributed by atoms with Gasteiger partial charge in [-0.15, -0.1) is 0 Å². The smallest absolute Gasteiger partial charge is 0.161 e. The van der Waals surface area contributed by atoms with E-state index in [-0.39, 0.29) is 0 Å². The predicted octanol–water partition coefficient (Wildman–Crippen LogP) is 4.20. The standard InChI is InChI=1S/C15H23NO/c1-2-3-4-5-6-9-12-16-13-17-15-11-8-7-10-14(15)16/h7-8,10-11H,2-6,9,12-13H2,1H3. The van der Waals surface area contributed by atoms with Gasteiger partial charge in [-0.3, -0.25) is 0 Å². The molecule has 0 bridgehead atoms. The fourth-order valence-electron chi connectivity index (χ4n) is 2.33. The summed E-state index contributed by atoms with van der Waals surface area (Å²) in [5.74, 6) is 1.04. The Bertz CT molecular complexity index is 337. The maximum absolute atomic E-state index is 5.63. The number of nitrogens with zero attached hydrogens (tertiary/aromatic N) is 1. The van der Waals surface area contributed by atoms with Gasteiger partial charge in [0, 0.05) is 6.54 Å². The Morgan fingerprint density at radius 3 is 2.71 bits per heavy atom. The van der Waals surface area contributed by atoms with Crippen LogP contribution >= 0.6 is 0 Å². The second-order valence-corrected chi connectivity index (χ2v) is 4.77. The molecule has 0 atom stereocenters. The molecule has 0 N–H and O–H groups in total. The maximum atomic E-state index is 5.63. The van der Waals surface area contributed by atoms with Gasteiger partial charge >= 0.3 is 0 Å². The van der Waals surface area contributed by atoms with Crippen molar-refractivity contribution >= 4 is 5.69 Å². The second-order valence-electron chi connectivity index (χ2n) is 4.77. The molecule has 1 aromatic carbocycles. The number of unbranched alkanes of at least 4 members (excludes halogenated alkanes) is 5. The molecule has 2 rings (SSSR count). The number of benzene rings is 1. The molecular weight excluding hydrogens is 210 g/mol. The predicted molar refractivity (Wildman–Crippen MR) is 72.7 cm³/mol. The van der Waals surface area contributed by atoms with E-state index in [4.69, 9.17) is 4.74 Å². The monoisotopic (exact) mass is 233 g/mol. The van der Waals surface area contributed by atoms with Crippen LogP contribution in [0.1, 0.15) is 45.4 Å². The molecule has 0 amide bonds. The van der Waals surface area contributed by atoms with Gasteiger partial charge in [-0.25, -0.2) is 0 Å². The van der Waals surface area contributed by atoms with Crippen molar-refractivity contribution < 1.29 is 4.74 Å². The van der Waals surface area contributed by atoms with E-state index >= 15 is 0 Å². The molecule has 0 spiro atoms. The van der Waals surface area contributed by atoms with Gasteiger partial charge in [0.25, 0.3) is 0 Å². The summed E-state index contributed by atoms with van der Waals surface area (Å²) in [6.07, 6.45) is 8.11. The van der Waals surface area contributed by atoms with Crippen molar-refractivity contribution in [2.75, 3.05) is 18.2 Å². The number of para-hydroxylation sites is 2. The first-order chi connectivity index (χ1) is 8.42. The molecule has 1 aliphatic heterocycles. The summed E-state index contributed by atoms with van der Waals surface area (Å²) in [5.41, 5.74) is 1.26. The molecule has 0 unspecified atom stereocenters. The lowest BCUT2D eigenvalue weighted by atomic mass is 10.1. The van der Waals surface area contributed by atoms with Crippen LogP contribution in [0.4, 0.5) is 5.69 Å². The quantitative estimate of drug-likeness (QED) is 0.654. The van der Waals surface area contributed by atoms with Crippen molar-refractivity contribution in [3.63, 3.8) is 0 Å². The first kappa shape index (κ1) is 12.3. The Morgan fingerprint density at radius 2 is 1.82 bits per heavy atom. The highest BCUT2D eigenvalue weighted by atomic mass is 16.5. The van der Waals surface area contributed by atoms with Gasteiger partial charge in [0.2, 0.25) is 0 Å². The van der Waals surface area contributed by atoms with E-state index in [0.717, 1.165) is 19.0 Å². The molecule has 94 valence electrons. The van der Waals surface area contributed by atoms with Crippen LogP contribution in [-0.4, -0.2) is 13.3 Å². The van der Waals surface area contributed by atoms with Crippen molar-refractivity contribution in [1.29, 1.82) is 0 Å². The van der Waals surface area contributed by atoms with Gasteiger partial charge in [-0.05, 0) is 18.6 Å². The van der Waals surface area contributed by atoms with Crippen LogP contribution < -0.4 is 9.64 Å². The largest absolute Gasteiger partial charge is 0.471 e. The number of ether oxygens (including phenoxy) is 1. The zero-order valence-corrected chi connectivity index (χ0v) is 10.8. The first-order valence-corrected chi connectivity index (χ1v) is 6.88. The molecule has 1 heterocycles. The minimum Gasteiger partial charge on any atom is -0.471 e. The molecule has 1 aromatic rings. The third-order valence-electron chi connectivity index (χ3n) is 3.36. The van der Waals surface area contributed by atoms with Crippen molar-refractivity contribution in [3.05, 3.63) is 24.3 Å². The third-order valence-corrected chi connectivity index (χ3v) is 3.36. The summed E-state index contributed by atoms with van der Waals surface area (Å²) in [6, 6.07) is 8.32. The molecule has 2 heteroatoms. The van der Waals surface area contributed by atoms with Crippen molar-refractivity contribution in [1.82, 2.24) is 0 Å². The molecule has 0 fully saturated rings. The summed E-state index contributed by atoms with van der Waals surface area (Å²) in [4.78, 5) is 2.34. The van der Waals surface area contributed by atoms with Crippen LogP contribution in [0, 0.1) is 0 Å². The van der Waals surface area contributed by atoms with E-state index in [1.54, 1.807) is 0 Å². The average molecular weight is 233 g/mol. The lowest BCUT2D eigenvalue weighted by Crippen LogP contribution is -2.23. The molecule has 0 radical (unpaired) electrons. The summed E-state index contributed by atoms with van der Waals surface area (Å²) in [6.45, 7) is 4.12. The Kier molecular flexibility index (Phi) is 4.72. The molecule has 0 saturated heterocycles. The van der Waals surface area contributed by atoms with Gasteiger partial charge < -0.3 is 9.64 Å². The highest BCUT2D eigenvalue weighted by Gasteiger charge is 2.18. The molecule has 0 aliphatic carbocycles. The van der Waals surface area contributed by atoms with Gasteiger partial charge in [0.05, 0.1) is 5.69 Å². The first-order valence-electron chi connectivity index (χ1n) is 6.88. The van der Waals surface area contributed by atoms with Crippen LogP contribution in [0.15, 0.2) is 24.3 Å². The molecule has 2 nitrogen and oxygen atoms in total. The van der Waals surface area contributed by atoms with E-state index < -0.39 is 0 Å². The molecule has 0 saturated carbocycles. The van der Waals surface area contributed by atoms with Crippen molar-refractivity contribution in [3.8, 4) is 5.75 Å². The Morgan fingerprint density at radius 1 is 1.06 bits per heavy atom. The van der Waals surface area contributed by atoms with Gasteiger partial charge in [-0.2, -0.15) is 0 Å². The third kappa shape index (κ3) is 3.39. The number of hydrogen-bond acceptors (Lipinski definition) is 2. The normalized spacial score (nSPS) is 13.6. The topological polar surface area (TPSA) is 12.5 Å². The summed E-state index contributed by atoms with van der Waals surface area (Å²) >= 11 is 0. The van der Waals surface area contributed by atoms with Crippen molar-refractivity contribution in [2.24, 2.45) is 0 Å². The minimum absolute atomic E-state index is 0.730. The Hall–Kier alpha value is -1.18.